The monoisotopic (exact) mass is 174 g/mol. The Labute approximate surface area is 75.9 Å². The molecule has 0 aliphatic heterocycles. The largest absolute Gasteiger partial charge is 0.396 e. The highest BCUT2D eigenvalue weighted by atomic mass is 16.5. The Balaban J connectivity index is 3.52. The molecule has 2 nitrogen and oxygen atoms in total. The SMILES string of the molecule is CCCCC[C@@H](OC)[C@H](C)CO. The molecule has 0 aliphatic carbocycles. The number of aliphatic hydroxyl groups excluding tert-OH is 1. The summed E-state index contributed by atoms with van der Waals surface area (Å²) in [5.74, 6) is 0.270. The average molecular weight is 174 g/mol. The quantitative estimate of drug-likeness (QED) is 0.600. The number of methoxy groups -OCH3 is 1. The first-order valence-corrected chi connectivity index (χ1v) is 4.89. The topological polar surface area (TPSA) is 29.5 Å². The molecule has 12 heavy (non-hydrogen) atoms. The Kier molecular flexibility index (Phi) is 7.51. The van der Waals surface area contributed by atoms with Gasteiger partial charge in [-0.3, -0.25) is 0 Å². The summed E-state index contributed by atoms with van der Waals surface area (Å²) in [6.07, 6.45) is 5.02. The molecule has 0 amide bonds. The molecule has 0 saturated carbocycles. The van der Waals surface area contributed by atoms with Crippen LogP contribution in [0.5, 0.6) is 0 Å². The van der Waals surface area contributed by atoms with Gasteiger partial charge in [-0.2, -0.15) is 0 Å². The van der Waals surface area contributed by atoms with E-state index in [1.54, 1.807) is 7.11 Å². The van der Waals surface area contributed by atoms with Gasteiger partial charge in [0.15, 0.2) is 0 Å². The van der Waals surface area contributed by atoms with Gasteiger partial charge < -0.3 is 9.84 Å². The Morgan fingerprint density at radius 2 is 2.00 bits per heavy atom. The van der Waals surface area contributed by atoms with E-state index in [-0.39, 0.29) is 18.6 Å². The van der Waals surface area contributed by atoms with Crippen molar-refractivity contribution in [1.29, 1.82) is 0 Å². The summed E-state index contributed by atoms with van der Waals surface area (Å²) in [7, 11) is 1.72. The van der Waals surface area contributed by atoms with E-state index in [1.807, 2.05) is 6.92 Å². The van der Waals surface area contributed by atoms with E-state index in [2.05, 4.69) is 6.92 Å². The third-order valence-electron chi connectivity index (χ3n) is 2.32. The van der Waals surface area contributed by atoms with Gasteiger partial charge in [-0.25, -0.2) is 0 Å². The van der Waals surface area contributed by atoms with Crippen LogP contribution in [-0.2, 0) is 4.74 Å². The first-order chi connectivity index (χ1) is 5.76. The van der Waals surface area contributed by atoms with Crippen LogP contribution in [0.4, 0.5) is 0 Å². The molecule has 1 N–H and O–H groups in total. The number of rotatable bonds is 7. The minimum absolute atomic E-state index is 0.227. The van der Waals surface area contributed by atoms with Crippen LogP contribution in [0.25, 0.3) is 0 Å². The summed E-state index contributed by atoms with van der Waals surface area (Å²) in [5, 5.41) is 8.91. The van der Waals surface area contributed by atoms with Gasteiger partial charge >= 0.3 is 0 Å². The molecule has 0 bridgehead atoms. The van der Waals surface area contributed by atoms with Crippen molar-refractivity contribution >= 4 is 0 Å². The smallest absolute Gasteiger partial charge is 0.0618 e. The maximum Gasteiger partial charge on any atom is 0.0618 e. The second-order valence-corrected chi connectivity index (χ2v) is 3.43. The van der Waals surface area contributed by atoms with E-state index in [9.17, 15) is 0 Å². The molecule has 0 fully saturated rings. The van der Waals surface area contributed by atoms with Gasteiger partial charge in [0.2, 0.25) is 0 Å². The van der Waals surface area contributed by atoms with E-state index >= 15 is 0 Å². The first kappa shape index (κ1) is 11.9. The van der Waals surface area contributed by atoms with Gasteiger partial charge in [-0.1, -0.05) is 33.1 Å². The molecule has 0 unspecified atom stereocenters. The molecule has 0 aromatic heterocycles. The zero-order chi connectivity index (χ0) is 9.40. The normalized spacial score (nSPS) is 16.0. The van der Waals surface area contributed by atoms with Crippen LogP contribution < -0.4 is 0 Å². The van der Waals surface area contributed by atoms with Crippen LogP contribution >= 0.6 is 0 Å². The van der Waals surface area contributed by atoms with Crippen LogP contribution in [-0.4, -0.2) is 24.9 Å². The van der Waals surface area contributed by atoms with E-state index < -0.39 is 0 Å². The van der Waals surface area contributed by atoms with Gasteiger partial charge in [0, 0.05) is 19.6 Å². The molecule has 0 spiro atoms. The van der Waals surface area contributed by atoms with Crippen molar-refractivity contribution in [2.75, 3.05) is 13.7 Å². The highest BCUT2D eigenvalue weighted by Gasteiger charge is 2.14. The summed E-state index contributed by atoms with van der Waals surface area (Å²) >= 11 is 0. The maximum absolute atomic E-state index is 8.91. The lowest BCUT2D eigenvalue weighted by molar-refractivity contribution is 0.0266. The third kappa shape index (κ3) is 4.73. The Bertz CT molecular complexity index is 93.8. The van der Waals surface area contributed by atoms with Gasteiger partial charge in [-0.05, 0) is 6.42 Å². The van der Waals surface area contributed by atoms with E-state index in [4.69, 9.17) is 9.84 Å². The highest BCUT2D eigenvalue weighted by molar-refractivity contribution is 4.64. The second-order valence-electron chi connectivity index (χ2n) is 3.43. The van der Waals surface area contributed by atoms with Crippen molar-refractivity contribution in [3.05, 3.63) is 0 Å². The lowest BCUT2D eigenvalue weighted by Gasteiger charge is -2.20. The van der Waals surface area contributed by atoms with E-state index in [0.29, 0.717) is 0 Å². The molecule has 0 aliphatic rings. The van der Waals surface area contributed by atoms with Gasteiger partial charge in [-0.15, -0.1) is 0 Å². The number of hydrogen-bond donors (Lipinski definition) is 1. The van der Waals surface area contributed by atoms with E-state index in [1.165, 1.54) is 19.3 Å². The minimum atomic E-state index is 0.227. The molecular formula is C10H22O2. The summed E-state index contributed by atoms with van der Waals surface area (Å²) in [4.78, 5) is 0. The molecule has 74 valence electrons. The van der Waals surface area contributed by atoms with Crippen molar-refractivity contribution in [3.8, 4) is 0 Å². The van der Waals surface area contributed by atoms with Crippen LogP contribution in [0.2, 0.25) is 0 Å². The summed E-state index contributed by atoms with van der Waals surface area (Å²) < 4.78 is 5.29. The minimum Gasteiger partial charge on any atom is -0.396 e. The average Bonchev–Trinajstić information content (AvgIpc) is 2.11. The molecule has 0 rings (SSSR count). The van der Waals surface area contributed by atoms with Crippen LogP contribution in [0, 0.1) is 5.92 Å². The predicted octanol–water partition coefficient (Wildman–Crippen LogP) is 2.21. The van der Waals surface area contributed by atoms with Crippen LogP contribution in [0.1, 0.15) is 39.5 Å². The molecule has 0 aromatic carbocycles. The summed E-state index contributed by atoms with van der Waals surface area (Å²) in [6.45, 7) is 4.45. The van der Waals surface area contributed by atoms with Gasteiger partial charge in [0.1, 0.15) is 0 Å². The molecule has 0 aromatic rings. The van der Waals surface area contributed by atoms with Crippen LogP contribution in [0.15, 0.2) is 0 Å². The maximum atomic E-state index is 8.91. The zero-order valence-corrected chi connectivity index (χ0v) is 8.55. The predicted molar refractivity (Wildman–Crippen MR) is 51.2 cm³/mol. The Morgan fingerprint density at radius 1 is 1.33 bits per heavy atom. The first-order valence-electron chi connectivity index (χ1n) is 4.89. The number of ether oxygens (including phenoxy) is 1. The zero-order valence-electron chi connectivity index (χ0n) is 8.55. The second kappa shape index (κ2) is 7.56. The van der Waals surface area contributed by atoms with Crippen molar-refractivity contribution < 1.29 is 9.84 Å². The Hall–Kier alpha value is -0.0800. The highest BCUT2D eigenvalue weighted by Crippen LogP contribution is 2.13. The number of unbranched alkanes of at least 4 members (excludes halogenated alkanes) is 2. The summed E-state index contributed by atoms with van der Waals surface area (Å²) in [5.41, 5.74) is 0. The molecule has 0 heterocycles. The van der Waals surface area contributed by atoms with Crippen LogP contribution in [0.3, 0.4) is 0 Å². The molecule has 2 heteroatoms. The molecule has 0 saturated heterocycles. The Morgan fingerprint density at radius 3 is 2.42 bits per heavy atom. The molecular weight excluding hydrogens is 152 g/mol. The number of aliphatic hydroxyl groups is 1. The van der Waals surface area contributed by atoms with Crippen molar-refractivity contribution in [2.45, 2.75) is 45.6 Å². The number of hydrogen-bond acceptors (Lipinski definition) is 2. The van der Waals surface area contributed by atoms with Crippen molar-refractivity contribution in [2.24, 2.45) is 5.92 Å². The molecule has 0 radical (unpaired) electrons. The summed E-state index contributed by atoms with van der Waals surface area (Å²) in [6, 6.07) is 0. The molecule has 2 atom stereocenters. The van der Waals surface area contributed by atoms with Crippen molar-refractivity contribution in [3.63, 3.8) is 0 Å². The van der Waals surface area contributed by atoms with Gasteiger partial charge in [0.05, 0.1) is 6.10 Å². The van der Waals surface area contributed by atoms with Crippen molar-refractivity contribution in [1.82, 2.24) is 0 Å². The fourth-order valence-corrected chi connectivity index (χ4v) is 1.35. The fourth-order valence-electron chi connectivity index (χ4n) is 1.35. The fraction of sp³-hybridized carbons (Fsp3) is 1.00. The lowest BCUT2D eigenvalue weighted by atomic mass is 10.00. The lowest BCUT2D eigenvalue weighted by Crippen LogP contribution is -2.23. The van der Waals surface area contributed by atoms with E-state index in [0.717, 1.165) is 6.42 Å². The third-order valence-corrected chi connectivity index (χ3v) is 2.32. The standard InChI is InChI=1S/C10H22O2/c1-4-5-6-7-10(12-3)9(2)8-11/h9-11H,4-8H2,1-3H3/t9-,10-/m1/s1. The van der Waals surface area contributed by atoms with Gasteiger partial charge in [0.25, 0.3) is 0 Å².